The molecular formula is C12H16N2O. The molecule has 3 nitrogen and oxygen atoms in total. The lowest BCUT2D eigenvalue weighted by Gasteiger charge is -2.09. The van der Waals surface area contributed by atoms with Crippen LogP contribution in [0.25, 0.3) is 0 Å². The zero-order valence-corrected chi connectivity index (χ0v) is 9.32. The Morgan fingerprint density at radius 3 is 2.67 bits per heavy atom. The molecule has 0 unspecified atom stereocenters. The molecule has 0 bridgehead atoms. The highest BCUT2D eigenvalue weighted by atomic mass is 16.1. The number of nitrogens with zero attached hydrogens (tertiary/aromatic N) is 1. The first-order valence-electron chi connectivity index (χ1n) is 4.95. The number of rotatable bonds is 4. The SMILES string of the molecule is CN=CNc1cc(C(C)C)ccc1C=O. The Morgan fingerprint density at radius 2 is 2.13 bits per heavy atom. The molecule has 1 aromatic carbocycles. The van der Waals surface area contributed by atoms with Gasteiger partial charge in [-0.15, -0.1) is 0 Å². The van der Waals surface area contributed by atoms with Gasteiger partial charge in [0.1, 0.15) is 0 Å². The monoisotopic (exact) mass is 204 g/mol. The lowest BCUT2D eigenvalue weighted by atomic mass is 10.0. The van der Waals surface area contributed by atoms with Gasteiger partial charge in [0.25, 0.3) is 0 Å². The number of aliphatic imine (C=N–C) groups is 1. The molecular weight excluding hydrogens is 188 g/mol. The third kappa shape index (κ3) is 2.91. The lowest BCUT2D eigenvalue weighted by molar-refractivity contribution is 0.112. The second-order valence-electron chi connectivity index (χ2n) is 3.65. The number of carbonyl (C=O) groups is 1. The standard InChI is InChI=1S/C12H16N2O/c1-9(2)10-4-5-11(7-15)12(6-10)14-8-13-3/h4-9H,1-3H3,(H,13,14). The maximum absolute atomic E-state index is 10.8. The molecule has 0 aliphatic rings. The average Bonchev–Trinajstić information content (AvgIpc) is 2.25. The van der Waals surface area contributed by atoms with Gasteiger partial charge in [-0.05, 0) is 23.6 Å². The van der Waals surface area contributed by atoms with Crippen LogP contribution in [0.15, 0.2) is 23.2 Å². The van der Waals surface area contributed by atoms with Crippen molar-refractivity contribution in [3.8, 4) is 0 Å². The molecule has 0 fully saturated rings. The molecule has 0 aliphatic heterocycles. The number of anilines is 1. The van der Waals surface area contributed by atoms with Gasteiger partial charge in [-0.1, -0.05) is 19.9 Å². The van der Waals surface area contributed by atoms with Crippen LogP contribution in [-0.4, -0.2) is 19.7 Å². The summed E-state index contributed by atoms with van der Waals surface area (Å²) < 4.78 is 0. The zero-order chi connectivity index (χ0) is 11.3. The molecule has 0 aliphatic carbocycles. The predicted molar refractivity (Wildman–Crippen MR) is 64.0 cm³/mol. The minimum atomic E-state index is 0.449. The van der Waals surface area contributed by atoms with Crippen LogP contribution in [0.3, 0.4) is 0 Å². The van der Waals surface area contributed by atoms with E-state index in [1.165, 1.54) is 5.56 Å². The Balaban J connectivity index is 3.07. The maximum Gasteiger partial charge on any atom is 0.152 e. The van der Waals surface area contributed by atoms with Crippen LogP contribution in [0.2, 0.25) is 0 Å². The number of aldehydes is 1. The first-order valence-corrected chi connectivity index (χ1v) is 4.95. The highest BCUT2D eigenvalue weighted by Crippen LogP contribution is 2.21. The zero-order valence-electron chi connectivity index (χ0n) is 9.32. The summed E-state index contributed by atoms with van der Waals surface area (Å²) in [7, 11) is 1.68. The average molecular weight is 204 g/mol. The summed E-state index contributed by atoms with van der Waals surface area (Å²) in [4.78, 5) is 14.6. The quantitative estimate of drug-likeness (QED) is 0.465. The van der Waals surface area contributed by atoms with E-state index in [9.17, 15) is 4.79 Å². The summed E-state index contributed by atoms with van der Waals surface area (Å²) in [5.74, 6) is 0.449. The molecule has 0 radical (unpaired) electrons. The smallest absolute Gasteiger partial charge is 0.152 e. The molecule has 0 spiro atoms. The van der Waals surface area contributed by atoms with Crippen molar-refractivity contribution in [2.45, 2.75) is 19.8 Å². The van der Waals surface area contributed by atoms with Crippen LogP contribution in [-0.2, 0) is 0 Å². The van der Waals surface area contributed by atoms with E-state index in [2.05, 4.69) is 24.2 Å². The van der Waals surface area contributed by atoms with Crippen molar-refractivity contribution in [2.75, 3.05) is 12.4 Å². The van der Waals surface area contributed by atoms with E-state index in [1.807, 2.05) is 18.2 Å². The Bertz CT molecular complexity index is 370. The molecule has 0 saturated carbocycles. The van der Waals surface area contributed by atoms with E-state index in [-0.39, 0.29) is 0 Å². The molecule has 1 rings (SSSR count). The van der Waals surface area contributed by atoms with Crippen LogP contribution in [0, 0.1) is 0 Å². The van der Waals surface area contributed by atoms with E-state index < -0.39 is 0 Å². The number of carbonyl (C=O) groups excluding carboxylic acids is 1. The Kier molecular flexibility index (Phi) is 4.03. The number of hydrogen-bond acceptors (Lipinski definition) is 2. The maximum atomic E-state index is 10.8. The Hall–Kier alpha value is -1.64. The van der Waals surface area contributed by atoms with Crippen molar-refractivity contribution in [1.82, 2.24) is 0 Å². The first kappa shape index (κ1) is 11.4. The summed E-state index contributed by atoms with van der Waals surface area (Å²) >= 11 is 0. The molecule has 0 amide bonds. The summed E-state index contributed by atoms with van der Waals surface area (Å²) in [6.45, 7) is 4.24. The van der Waals surface area contributed by atoms with Crippen molar-refractivity contribution >= 4 is 18.3 Å². The van der Waals surface area contributed by atoms with E-state index in [0.717, 1.165) is 12.0 Å². The van der Waals surface area contributed by atoms with Crippen molar-refractivity contribution in [3.05, 3.63) is 29.3 Å². The highest BCUT2D eigenvalue weighted by Gasteiger charge is 2.04. The summed E-state index contributed by atoms with van der Waals surface area (Å²) in [6, 6.07) is 5.78. The topological polar surface area (TPSA) is 41.5 Å². The van der Waals surface area contributed by atoms with Crippen LogP contribution in [0.5, 0.6) is 0 Å². The van der Waals surface area contributed by atoms with Crippen molar-refractivity contribution in [2.24, 2.45) is 4.99 Å². The fraction of sp³-hybridized carbons (Fsp3) is 0.333. The van der Waals surface area contributed by atoms with Crippen LogP contribution in [0.4, 0.5) is 5.69 Å². The third-order valence-electron chi connectivity index (χ3n) is 2.22. The lowest BCUT2D eigenvalue weighted by Crippen LogP contribution is -2.00. The third-order valence-corrected chi connectivity index (χ3v) is 2.22. The fourth-order valence-electron chi connectivity index (χ4n) is 1.29. The summed E-state index contributed by atoms with van der Waals surface area (Å²) in [6.07, 6.45) is 2.42. The van der Waals surface area contributed by atoms with Gasteiger partial charge < -0.3 is 5.32 Å². The van der Waals surface area contributed by atoms with Gasteiger partial charge in [0.05, 0.1) is 12.0 Å². The highest BCUT2D eigenvalue weighted by molar-refractivity contribution is 5.89. The predicted octanol–water partition coefficient (Wildman–Crippen LogP) is 2.69. The normalized spacial score (nSPS) is 10.9. The van der Waals surface area contributed by atoms with Gasteiger partial charge in [-0.3, -0.25) is 9.79 Å². The molecule has 80 valence electrons. The second-order valence-corrected chi connectivity index (χ2v) is 3.65. The van der Waals surface area contributed by atoms with E-state index in [4.69, 9.17) is 0 Å². The molecule has 1 aromatic rings. The Labute approximate surface area is 90.2 Å². The van der Waals surface area contributed by atoms with E-state index in [0.29, 0.717) is 11.5 Å². The molecule has 1 N–H and O–H groups in total. The van der Waals surface area contributed by atoms with E-state index >= 15 is 0 Å². The minimum absolute atomic E-state index is 0.449. The molecule has 0 aromatic heterocycles. The largest absolute Gasteiger partial charge is 0.346 e. The summed E-state index contributed by atoms with van der Waals surface area (Å²) in [5.41, 5.74) is 2.66. The minimum Gasteiger partial charge on any atom is -0.346 e. The van der Waals surface area contributed by atoms with Gasteiger partial charge in [-0.2, -0.15) is 0 Å². The Morgan fingerprint density at radius 1 is 1.40 bits per heavy atom. The number of hydrogen-bond donors (Lipinski definition) is 1. The molecule has 0 heterocycles. The van der Waals surface area contributed by atoms with Crippen molar-refractivity contribution < 1.29 is 4.79 Å². The van der Waals surface area contributed by atoms with Gasteiger partial charge in [0.15, 0.2) is 6.29 Å². The van der Waals surface area contributed by atoms with Crippen LogP contribution < -0.4 is 5.32 Å². The first-order chi connectivity index (χ1) is 7.19. The van der Waals surface area contributed by atoms with Crippen molar-refractivity contribution in [1.29, 1.82) is 0 Å². The van der Waals surface area contributed by atoms with Crippen LogP contribution in [0.1, 0.15) is 35.7 Å². The molecule has 3 heteroatoms. The molecule has 0 saturated heterocycles. The van der Waals surface area contributed by atoms with Gasteiger partial charge >= 0.3 is 0 Å². The fourth-order valence-corrected chi connectivity index (χ4v) is 1.29. The van der Waals surface area contributed by atoms with E-state index in [1.54, 1.807) is 13.4 Å². The van der Waals surface area contributed by atoms with Crippen molar-refractivity contribution in [3.63, 3.8) is 0 Å². The number of nitrogens with one attached hydrogen (secondary N) is 1. The van der Waals surface area contributed by atoms with Crippen LogP contribution >= 0.6 is 0 Å². The second kappa shape index (κ2) is 5.29. The molecule has 0 atom stereocenters. The van der Waals surface area contributed by atoms with Gasteiger partial charge in [0.2, 0.25) is 0 Å². The summed E-state index contributed by atoms with van der Waals surface area (Å²) in [5, 5.41) is 2.99. The molecule has 15 heavy (non-hydrogen) atoms. The number of benzene rings is 1. The van der Waals surface area contributed by atoms with Gasteiger partial charge in [-0.25, -0.2) is 0 Å². The van der Waals surface area contributed by atoms with Gasteiger partial charge in [0, 0.05) is 12.6 Å².